The molecule has 154 valence electrons. The molecule has 0 spiro atoms. The van der Waals surface area contributed by atoms with Gasteiger partial charge in [0, 0.05) is 5.02 Å². The molecule has 0 saturated heterocycles. The summed E-state index contributed by atoms with van der Waals surface area (Å²) in [4.78, 5) is 25.0. The molecule has 0 bridgehead atoms. The van der Waals surface area contributed by atoms with Gasteiger partial charge in [-0.15, -0.1) is 11.6 Å². The molecule has 3 rings (SSSR count). The first-order valence-electron chi connectivity index (χ1n) is 8.31. The molecule has 1 unspecified atom stereocenters. The number of alkyl halides is 4. The van der Waals surface area contributed by atoms with Crippen LogP contribution in [-0.2, 0) is 12.6 Å². The number of halogens is 5. The Hall–Kier alpha value is -3.09. The number of hydrogen-bond donors (Lipinski definition) is 1. The molecule has 1 heterocycles. The van der Waals surface area contributed by atoms with Gasteiger partial charge in [-0.2, -0.15) is 28.2 Å². The standard InChI is InChI=1S/C19H11Cl2F3N4O2/c20-15-8-11(28-18(30)27-16(29)9-26-28)2-4-13(15)17(21)12-3-1-10(5-6-25)7-14(12)19(22,23)24/h1-4,7-9,17H,5H2,(H,27,29,30). The van der Waals surface area contributed by atoms with E-state index in [1.54, 1.807) is 6.07 Å². The number of nitrogens with zero attached hydrogens (tertiary/aromatic N) is 3. The summed E-state index contributed by atoms with van der Waals surface area (Å²) in [5, 5.41) is 11.2. The van der Waals surface area contributed by atoms with Crippen molar-refractivity contribution in [2.75, 3.05) is 0 Å². The second kappa shape index (κ2) is 8.34. The molecular formula is C19H11Cl2F3N4O2. The SMILES string of the molecule is N#CCc1ccc(C(Cl)c2ccc(-n3ncc(=O)[nH]c3=O)cc2Cl)c(C(F)(F)F)c1. The van der Waals surface area contributed by atoms with Gasteiger partial charge in [-0.05, 0) is 34.9 Å². The van der Waals surface area contributed by atoms with E-state index >= 15 is 0 Å². The third kappa shape index (κ3) is 4.40. The van der Waals surface area contributed by atoms with Crippen LogP contribution in [-0.4, -0.2) is 14.8 Å². The highest BCUT2D eigenvalue weighted by atomic mass is 35.5. The summed E-state index contributed by atoms with van der Waals surface area (Å²) < 4.78 is 41.5. The van der Waals surface area contributed by atoms with Crippen LogP contribution in [0.1, 0.15) is 27.6 Å². The Bertz CT molecular complexity index is 1260. The quantitative estimate of drug-likeness (QED) is 0.603. The third-order valence-corrected chi connectivity index (χ3v) is 4.99. The van der Waals surface area contributed by atoms with Crippen LogP contribution < -0.4 is 11.2 Å². The highest BCUT2D eigenvalue weighted by Crippen LogP contribution is 2.41. The van der Waals surface area contributed by atoms with Crippen LogP contribution in [0.15, 0.2) is 52.2 Å². The molecule has 2 aromatic carbocycles. The number of nitriles is 1. The Morgan fingerprint density at radius 3 is 2.47 bits per heavy atom. The number of aromatic nitrogens is 3. The Labute approximate surface area is 177 Å². The third-order valence-electron chi connectivity index (χ3n) is 4.19. The first-order valence-corrected chi connectivity index (χ1v) is 9.13. The maximum absolute atomic E-state index is 13.6. The van der Waals surface area contributed by atoms with Crippen LogP contribution in [0.2, 0.25) is 5.02 Å². The van der Waals surface area contributed by atoms with Gasteiger partial charge in [0.1, 0.15) is 6.20 Å². The van der Waals surface area contributed by atoms with E-state index in [4.69, 9.17) is 28.5 Å². The molecule has 0 radical (unpaired) electrons. The summed E-state index contributed by atoms with van der Waals surface area (Å²) in [5.41, 5.74) is -2.09. The van der Waals surface area contributed by atoms with Crippen molar-refractivity contribution in [3.05, 3.63) is 90.7 Å². The minimum atomic E-state index is -4.69. The number of hydrogen-bond acceptors (Lipinski definition) is 4. The average Bonchev–Trinajstić information content (AvgIpc) is 2.67. The van der Waals surface area contributed by atoms with Crippen molar-refractivity contribution < 1.29 is 13.2 Å². The molecule has 30 heavy (non-hydrogen) atoms. The van der Waals surface area contributed by atoms with Crippen molar-refractivity contribution in [1.82, 2.24) is 14.8 Å². The van der Waals surface area contributed by atoms with Crippen LogP contribution in [0.25, 0.3) is 5.69 Å². The lowest BCUT2D eigenvalue weighted by Gasteiger charge is -2.19. The molecule has 0 aliphatic heterocycles. The van der Waals surface area contributed by atoms with E-state index in [9.17, 15) is 22.8 Å². The lowest BCUT2D eigenvalue weighted by Crippen LogP contribution is -2.30. The Morgan fingerprint density at radius 1 is 1.17 bits per heavy atom. The van der Waals surface area contributed by atoms with Gasteiger partial charge in [0.05, 0.1) is 29.1 Å². The summed E-state index contributed by atoms with van der Waals surface area (Å²) >= 11 is 12.6. The van der Waals surface area contributed by atoms with Crippen LogP contribution >= 0.6 is 23.2 Å². The predicted octanol–water partition coefficient (Wildman–Crippen LogP) is 3.99. The fourth-order valence-electron chi connectivity index (χ4n) is 2.83. The number of nitrogens with one attached hydrogen (secondary N) is 1. The molecule has 1 N–H and O–H groups in total. The van der Waals surface area contributed by atoms with E-state index in [0.717, 1.165) is 16.9 Å². The van der Waals surface area contributed by atoms with Gasteiger partial charge in [0.15, 0.2) is 0 Å². The van der Waals surface area contributed by atoms with E-state index < -0.39 is 28.4 Å². The fraction of sp³-hybridized carbons (Fsp3) is 0.158. The molecule has 1 aromatic heterocycles. The molecule has 0 saturated carbocycles. The first-order chi connectivity index (χ1) is 14.1. The molecule has 1 atom stereocenters. The lowest BCUT2D eigenvalue weighted by atomic mass is 9.96. The highest BCUT2D eigenvalue weighted by Gasteiger charge is 2.36. The smallest absolute Gasteiger partial charge is 0.271 e. The van der Waals surface area contributed by atoms with Crippen LogP contribution in [0, 0.1) is 11.3 Å². The van der Waals surface area contributed by atoms with Gasteiger partial charge in [0.25, 0.3) is 5.56 Å². The van der Waals surface area contributed by atoms with E-state index in [-0.39, 0.29) is 33.8 Å². The zero-order valence-corrected chi connectivity index (χ0v) is 16.4. The van der Waals surface area contributed by atoms with Crippen LogP contribution in [0.5, 0.6) is 0 Å². The van der Waals surface area contributed by atoms with Crippen molar-refractivity contribution in [2.24, 2.45) is 0 Å². The molecule has 6 nitrogen and oxygen atoms in total. The van der Waals surface area contributed by atoms with E-state index in [0.29, 0.717) is 0 Å². The summed E-state index contributed by atoms with van der Waals surface area (Å²) in [5.74, 6) is 0. The zero-order chi connectivity index (χ0) is 22.1. The molecule has 0 aliphatic carbocycles. The maximum Gasteiger partial charge on any atom is 0.416 e. The molecule has 0 fully saturated rings. The largest absolute Gasteiger partial charge is 0.416 e. The topological polar surface area (TPSA) is 91.5 Å². The fourth-order valence-corrected chi connectivity index (χ4v) is 3.55. The van der Waals surface area contributed by atoms with Gasteiger partial charge in [0.2, 0.25) is 0 Å². The Morgan fingerprint density at radius 2 is 1.87 bits per heavy atom. The minimum absolute atomic E-state index is 0.00151. The Kier molecular flexibility index (Phi) is 6.01. The number of rotatable bonds is 4. The summed E-state index contributed by atoms with van der Waals surface area (Å²) in [6, 6.07) is 9.37. The van der Waals surface area contributed by atoms with Gasteiger partial charge < -0.3 is 0 Å². The summed E-state index contributed by atoms with van der Waals surface area (Å²) in [6.07, 6.45) is -3.97. The van der Waals surface area contributed by atoms with Gasteiger partial charge in [-0.3, -0.25) is 9.78 Å². The molecule has 0 aliphatic rings. The van der Waals surface area contributed by atoms with Gasteiger partial charge in [-0.1, -0.05) is 29.8 Å². The van der Waals surface area contributed by atoms with Crippen molar-refractivity contribution in [2.45, 2.75) is 18.0 Å². The van der Waals surface area contributed by atoms with Gasteiger partial charge >= 0.3 is 11.9 Å². The van der Waals surface area contributed by atoms with Crippen molar-refractivity contribution in [1.29, 1.82) is 5.26 Å². The van der Waals surface area contributed by atoms with Crippen molar-refractivity contribution >= 4 is 23.2 Å². The second-order valence-electron chi connectivity index (χ2n) is 6.17. The van der Waals surface area contributed by atoms with E-state index in [2.05, 4.69) is 5.10 Å². The minimum Gasteiger partial charge on any atom is -0.271 e. The van der Waals surface area contributed by atoms with E-state index in [1.807, 2.05) is 4.98 Å². The number of benzene rings is 2. The second-order valence-corrected chi connectivity index (χ2v) is 7.02. The number of H-pyrrole nitrogens is 1. The van der Waals surface area contributed by atoms with Crippen LogP contribution in [0.3, 0.4) is 0 Å². The number of aromatic amines is 1. The van der Waals surface area contributed by atoms with Gasteiger partial charge in [-0.25, -0.2) is 4.79 Å². The van der Waals surface area contributed by atoms with E-state index in [1.165, 1.54) is 30.3 Å². The highest BCUT2D eigenvalue weighted by molar-refractivity contribution is 6.33. The predicted molar refractivity (Wildman–Crippen MR) is 104 cm³/mol. The molecule has 3 aromatic rings. The van der Waals surface area contributed by atoms with Crippen LogP contribution in [0.4, 0.5) is 13.2 Å². The molecule has 11 heteroatoms. The zero-order valence-electron chi connectivity index (χ0n) is 14.9. The monoisotopic (exact) mass is 454 g/mol. The maximum atomic E-state index is 13.6. The summed E-state index contributed by atoms with van der Waals surface area (Å²) in [6.45, 7) is 0. The average molecular weight is 455 g/mol. The normalized spacial score (nSPS) is 12.4. The Balaban J connectivity index is 2.06. The van der Waals surface area contributed by atoms with Crippen molar-refractivity contribution in [3.8, 4) is 11.8 Å². The lowest BCUT2D eigenvalue weighted by molar-refractivity contribution is -0.138. The first kappa shape index (κ1) is 21.6. The molecule has 0 amide bonds. The summed E-state index contributed by atoms with van der Waals surface area (Å²) in [7, 11) is 0. The molecular weight excluding hydrogens is 444 g/mol. The van der Waals surface area contributed by atoms with Crippen molar-refractivity contribution in [3.63, 3.8) is 0 Å².